The smallest absolute Gasteiger partial charge is 0.423 e. The van der Waals surface area contributed by atoms with E-state index in [1.54, 1.807) is 0 Å². The molecule has 0 atom stereocenters. The zero-order chi connectivity index (χ0) is 11.5. The molecule has 82 valence electrons. The maximum atomic E-state index is 9.17. The van der Waals surface area contributed by atoms with E-state index in [1.807, 2.05) is 42.1 Å². The van der Waals surface area contributed by atoms with E-state index in [4.69, 9.17) is 10.0 Å². The molecule has 5 heteroatoms. The lowest BCUT2D eigenvalue weighted by molar-refractivity contribution is 0.425. The molecule has 0 saturated carbocycles. The van der Waals surface area contributed by atoms with Gasteiger partial charge in [0.2, 0.25) is 0 Å². The van der Waals surface area contributed by atoms with Gasteiger partial charge in [0.15, 0.2) is 0 Å². The number of rotatable bonds is 3. The highest BCUT2D eigenvalue weighted by atomic mass is 16.4. The Morgan fingerprint density at radius 3 is 2.56 bits per heavy atom. The van der Waals surface area contributed by atoms with Gasteiger partial charge in [-0.2, -0.15) is 0 Å². The number of nitrogens with zero attached hydrogens (tertiary/aromatic N) is 2. The standard InChI is InChI=1S/C11H13BN2O2/c1-2-9-7-11(14-5-3-4-6-14)13-8-10(9)12(15)16/h3-8,15-16H,2H2,1H3. The first-order chi connectivity index (χ1) is 7.72. The van der Waals surface area contributed by atoms with E-state index in [0.29, 0.717) is 5.46 Å². The second kappa shape index (κ2) is 4.51. The molecule has 0 bridgehead atoms. The molecule has 0 aliphatic heterocycles. The lowest BCUT2D eigenvalue weighted by Gasteiger charge is -2.09. The minimum Gasteiger partial charge on any atom is -0.423 e. The second-order valence-corrected chi connectivity index (χ2v) is 3.56. The largest absolute Gasteiger partial charge is 0.490 e. The van der Waals surface area contributed by atoms with Crippen molar-refractivity contribution in [2.24, 2.45) is 0 Å². The van der Waals surface area contributed by atoms with Crippen LogP contribution in [0.3, 0.4) is 0 Å². The van der Waals surface area contributed by atoms with Crippen LogP contribution in [-0.4, -0.2) is 26.7 Å². The Balaban J connectivity index is 2.45. The summed E-state index contributed by atoms with van der Waals surface area (Å²) in [7, 11) is -1.46. The van der Waals surface area contributed by atoms with Crippen LogP contribution in [-0.2, 0) is 6.42 Å². The fraction of sp³-hybridized carbons (Fsp3) is 0.182. The first-order valence-electron chi connectivity index (χ1n) is 5.20. The maximum Gasteiger partial charge on any atom is 0.490 e. The Morgan fingerprint density at radius 2 is 2.00 bits per heavy atom. The van der Waals surface area contributed by atoms with Crippen LogP contribution >= 0.6 is 0 Å². The summed E-state index contributed by atoms with van der Waals surface area (Å²) in [6.07, 6.45) is 6.05. The van der Waals surface area contributed by atoms with Gasteiger partial charge in [-0.25, -0.2) is 4.98 Å². The third kappa shape index (κ3) is 2.00. The molecule has 0 aliphatic rings. The summed E-state index contributed by atoms with van der Waals surface area (Å²) in [4.78, 5) is 4.19. The molecule has 0 amide bonds. The molecule has 0 saturated heterocycles. The number of hydrogen-bond donors (Lipinski definition) is 2. The summed E-state index contributed by atoms with van der Waals surface area (Å²) in [5.41, 5.74) is 1.37. The minimum absolute atomic E-state index is 0.471. The molecule has 0 fully saturated rings. The van der Waals surface area contributed by atoms with Crippen LogP contribution in [0.2, 0.25) is 0 Å². The van der Waals surface area contributed by atoms with Crippen LogP contribution in [0.5, 0.6) is 0 Å². The van der Waals surface area contributed by atoms with E-state index in [0.717, 1.165) is 17.8 Å². The third-order valence-corrected chi connectivity index (χ3v) is 2.54. The van der Waals surface area contributed by atoms with Gasteiger partial charge in [0.25, 0.3) is 0 Å². The lowest BCUT2D eigenvalue weighted by atomic mass is 9.77. The molecule has 0 aliphatic carbocycles. The first kappa shape index (κ1) is 10.9. The zero-order valence-corrected chi connectivity index (χ0v) is 9.04. The predicted molar refractivity (Wildman–Crippen MR) is 62.8 cm³/mol. The molecule has 16 heavy (non-hydrogen) atoms. The van der Waals surface area contributed by atoms with Crippen molar-refractivity contribution < 1.29 is 10.0 Å². The van der Waals surface area contributed by atoms with Crippen LogP contribution in [0.4, 0.5) is 0 Å². The lowest BCUT2D eigenvalue weighted by Crippen LogP contribution is -2.33. The van der Waals surface area contributed by atoms with Crippen LogP contribution in [0.15, 0.2) is 36.8 Å². The van der Waals surface area contributed by atoms with Gasteiger partial charge in [0, 0.05) is 24.1 Å². The summed E-state index contributed by atoms with van der Waals surface area (Å²) in [6, 6.07) is 5.71. The number of hydrogen-bond acceptors (Lipinski definition) is 3. The van der Waals surface area contributed by atoms with Crippen LogP contribution in [0.1, 0.15) is 12.5 Å². The molecular formula is C11H13BN2O2. The van der Waals surface area contributed by atoms with Gasteiger partial charge >= 0.3 is 7.12 Å². The molecular weight excluding hydrogens is 203 g/mol. The fourth-order valence-electron chi connectivity index (χ4n) is 1.66. The Kier molecular flexibility index (Phi) is 3.08. The van der Waals surface area contributed by atoms with Crippen molar-refractivity contribution in [3.63, 3.8) is 0 Å². The SMILES string of the molecule is CCc1cc(-n2cccc2)ncc1B(O)O. The fourth-order valence-corrected chi connectivity index (χ4v) is 1.66. The topological polar surface area (TPSA) is 58.3 Å². The normalized spacial score (nSPS) is 10.4. The van der Waals surface area contributed by atoms with E-state index in [1.165, 1.54) is 6.20 Å². The van der Waals surface area contributed by atoms with Gasteiger partial charge in [-0.1, -0.05) is 6.92 Å². The van der Waals surface area contributed by atoms with Crippen LogP contribution < -0.4 is 5.46 Å². The summed E-state index contributed by atoms with van der Waals surface area (Å²) in [6.45, 7) is 1.97. The Bertz CT molecular complexity index is 469. The van der Waals surface area contributed by atoms with Crippen molar-refractivity contribution in [2.45, 2.75) is 13.3 Å². The highest BCUT2D eigenvalue weighted by Crippen LogP contribution is 2.07. The van der Waals surface area contributed by atoms with Crippen molar-refractivity contribution in [3.05, 3.63) is 42.4 Å². The summed E-state index contributed by atoms with van der Waals surface area (Å²) in [5, 5.41) is 18.3. The van der Waals surface area contributed by atoms with Crippen molar-refractivity contribution in [1.29, 1.82) is 0 Å². The van der Waals surface area contributed by atoms with E-state index < -0.39 is 7.12 Å². The molecule has 0 unspecified atom stereocenters. The van der Waals surface area contributed by atoms with Gasteiger partial charge in [0.05, 0.1) is 0 Å². The molecule has 4 nitrogen and oxygen atoms in total. The minimum atomic E-state index is -1.46. The molecule has 0 spiro atoms. The number of pyridine rings is 1. The monoisotopic (exact) mass is 216 g/mol. The van der Waals surface area contributed by atoms with Crippen molar-refractivity contribution in [2.75, 3.05) is 0 Å². The quantitative estimate of drug-likeness (QED) is 0.716. The van der Waals surface area contributed by atoms with Gasteiger partial charge in [-0.15, -0.1) is 0 Å². The van der Waals surface area contributed by atoms with Gasteiger partial charge in [-0.3, -0.25) is 0 Å². The maximum absolute atomic E-state index is 9.17. The Labute approximate surface area is 94.3 Å². The predicted octanol–water partition coefficient (Wildman–Crippen LogP) is 0.114. The molecule has 2 N–H and O–H groups in total. The molecule has 2 aromatic heterocycles. The molecule has 2 rings (SSSR count). The highest BCUT2D eigenvalue weighted by Gasteiger charge is 2.16. The van der Waals surface area contributed by atoms with Crippen LogP contribution in [0, 0.1) is 0 Å². The average molecular weight is 216 g/mol. The average Bonchev–Trinajstić information content (AvgIpc) is 2.81. The van der Waals surface area contributed by atoms with E-state index in [2.05, 4.69) is 4.98 Å². The summed E-state index contributed by atoms with van der Waals surface area (Å²) >= 11 is 0. The molecule has 2 heterocycles. The summed E-state index contributed by atoms with van der Waals surface area (Å²) < 4.78 is 1.88. The van der Waals surface area contributed by atoms with Gasteiger partial charge in [0.1, 0.15) is 5.82 Å². The van der Waals surface area contributed by atoms with Crippen molar-refractivity contribution >= 4 is 12.6 Å². The van der Waals surface area contributed by atoms with Gasteiger partial charge in [-0.05, 0) is 30.2 Å². The zero-order valence-electron chi connectivity index (χ0n) is 9.04. The van der Waals surface area contributed by atoms with E-state index >= 15 is 0 Å². The first-order valence-corrected chi connectivity index (χ1v) is 5.20. The molecule has 2 aromatic rings. The molecule has 0 radical (unpaired) electrons. The number of aromatic nitrogens is 2. The van der Waals surface area contributed by atoms with E-state index in [9.17, 15) is 0 Å². The van der Waals surface area contributed by atoms with E-state index in [-0.39, 0.29) is 0 Å². The van der Waals surface area contributed by atoms with Gasteiger partial charge < -0.3 is 14.6 Å². The Morgan fingerprint density at radius 1 is 1.31 bits per heavy atom. The highest BCUT2D eigenvalue weighted by molar-refractivity contribution is 6.59. The van der Waals surface area contributed by atoms with Crippen molar-refractivity contribution in [3.8, 4) is 5.82 Å². The second-order valence-electron chi connectivity index (χ2n) is 3.56. The molecule has 0 aromatic carbocycles. The van der Waals surface area contributed by atoms with Crippen LogP contribution in [0.25, 0.3) is 5.82 Å². The Hall–Kier alpha value is -1.59. The summed E-state index contributed by atoms with van der Waals surface area (Å²) in [5.74, 6) is 0.784. The third-order valence-electron chi connectivity index (χ3n) is 2.54. The van der Waals surface area contributed by atoms with Crippen molar-refractivity contribution in [1.82, 2.24) is 9.55 Å². The number of aryl methyl sites for hydroxylation is 1.